The van der Waals surface area contributed by atoms with Crippen LogP contribution in [0.15, 0.2) is 74.5 Å². The highest BCUT2D eigenvalue weighted by molar-refractivity contribution is 5.45. The summed E-state index contributed by atoms with van der Waals surface area (Å²) in [4.78, 5) is 0. The molecule has 0 aliphatic carbocycles. The Labute approximate surface area is 104 Å². The van der Waals surface area contributed by atoms with Crippen LogP contribution in [0.4, 0.5) is 0 Å². The number of nitriles is 1. The van der Waals surface area contributed by atoms with Crippen molar-refractivity contribution in [1.29, 1.82) is 5.26 Å². The fourth-order valence-corrected chi connectivity index (χ4v) is 0.589. The van der Waals surface area contributed by atoms with Crippen molar-refractivity contribution in [2.24, 2.45) is 5.73 Å². The topological polar surface area (TPSA) is 49.8 Å². The van der Waals surface area contributed by atoms with Gasteiger partial charge in [0.15, 0.2) is 0 Å². The number of allylic oxidation sites excluding steroid dienone is 3. The smallest absolute Gasteiger partial charge is 0.116 e. The molecule has 0 heterocycles. The van der Waals surface area contributed by atoms with Gasteiger partial charge in [0.05, 0.1) is 0 Å². The molecule has 1 aromatic rings. The average molecular weight is 226 g/mol. The Balaban J connectivity index is 0. The minimum Gasteiger partial charge on any atom is -0.391 e. The van der Waals surface area contributed by atoms with Crippen LogP contribution in [-0.2, 0) is 0 Å². The molecule has 1 rings (SSSR count). The Hall–Kier alpha value is -2.53. The van der Waals surface area contributed by atoms with Crippen molar-refractivity contribution in [2.75, 3.05) is 0 Å². The van der Waals surface area contributed by atoms with Crippen molar-refractivity contribution in [3.05, 3.63) is 80.1 Å². The summed E-state index contributed by atoms with van der Waals surface area (Å²) >= 11 is 0. The lowest BCUT2D eigenvalue weighted by molar-refractivity contribution is 1.41. The minimum absolute atomic E-state index is 0.0602. The lowest BCUT2D eigenvalue weighted by Crippen LogP contribution is -1.86. The van der Waals surface area contributed by atoms with Gasteiger partial charge in [-0.2, -0.15) is 5.26 Å². The number of nitrogens with zero attached hydrogens (tertiary/aromatic N) is 1. The SMILES string of the molecule is C=C(N)C#N.C=CC=C.C=Cc1ccccc1. The summed E-state index contributed by atoms with van der Waals surface area (Å²) in [6.45, 7) is 13.4. The van der Waals surface area contributed by atoms with Gasteiger partial charge in [0, 0.05) is 0 Å². The van der Waals surface area contributed by atoms with Gasteiger partial charge in [-0.05, 0) is 5.56 Å². The molecular weight excluding hydrogens is 208 g/mol. The van der Waals surface area contributed by atoms with Gasteiger partial charge in [0.25, 0.3) is 0 Å². The van der Waals surface area contributed by atoms with E-state index in [0.29, 0.717) is 0 Å². The van der Waals surface area contributed by atoms with Gasteiger partial charge < -0.3 is 5.73 Å². The van der Waals surface area contributed by atoms with Gasteiger partial charge in [-0.1, -0.05) is 74.9 Å². The van der Waals surface area contributed by atoms with Gasteiger partial charge in [-0.25, -0.2) is 0 Å². The molecule has 17 heavy (non-hydrogen) atoms. The van der Waals surface area contributed by atoms with Gasteiger partial charge in [0.2, 0.25) is 0 Å². The van der Waals surface area contributed by atoms with Crippen molar-refractivity contribution in [1.82, 2.24) is 0 Å². The predicted octanol–water partition coefficient (Wildman–Crippen LogP) is 3.67. The standard InChI is InChI=1S/C8H8.C4H6.C3H4N2/c1-2-8-6-4-3-5-7-8;1-3-4-2;1-3(5)2-4/h2-7H,1H2;3-4H,1-2H2;1,5H2. The van der Waals surface area contributed by atoms with Crippen LogP contribution in [0.5, 0.6) is 0 Å². The van der Waals surface area contributed by atoms with Gasteiger partial charge >= 0.3 is 0 Å². The van der Waals surface area contributed by atoms with Gasteiger partial charge in [-0.15, -0.1) is 0 Å². The predicted molar refractivity (Wildman–Crippen MR) is 75.9 cm³/mol. The lowest BCUT2D eigenvalue weighted by atomic mass is 10.2. The summed E-state index contributed by atoms with van der Waals surface area (Å²) in [5.74, 6) is 0. The highest BCUT2D eigenvalue weighted by Crippen LogP contribution is 1.97. The molecule has 0 atom stereocenters. The normalized spacial score (nSPS) is 6.76. The summed E-state index contributed by atoms with van der Waals surface area (Å²) in [6.07, 6.45) is 5.11. The first kappa shape index (κ1) is 16.9. The minimum atomic E-state index is 0.0602. The number of hydrogen-bond donors (Lipinski definition) is 1. The van der Waals surface area contributed by atoms with Crippen LogP contribution in [0.25, 0.3) is 6.08 Å². The second-order valence-corrected chi connectivity index (χ2v) is 2.72. The molecule has 0 aromatic heterocycles. The molecule has 88 valence electrons. The molecule has 0 fully saturated rings. The zero-order chi connectivity index (χ0) is 13.5. The molecule has 0 unspecified atom stereocenters. The van der Waals surface area contributed by atoms with Crippen LogP contribution in [0.2, 0.25) is 0 Å². The molecule has 1 aromatic carbocycles. The Kier molecular flexibility index (Phi) is 13.4. The van der Waals surface area contributed by atoms with E-state index in [1.54, 1.807) is 18.2 Å². The van der Waals surface area contributed by atoms with E-state index in [4.69, 9.17) is 11.0 Å². The van der Waals surface area contributed by atoms with E-state index in [-0.39, 0.29) is 5.70 Å². The fraction of sp³-hybridized carbons (Fsp3) is 0. The molecule has 0 saturated heterocycles. The van der Waals surface area contributed by atoms with E-state index >= 15 is 0 Å². The first-order chi connectivity index (χ1) is 8.12. The fourth-order valence-electron chi connectivity index (χ4n) is 0.589. The highest BCUT2D eigenvalue weighted by Gasteiger charge is 1.75. The Morgan fingerprint density at radius 1 is 1.12 bits per heavy atom. The Morgan fingerprint density at radius 3 is 1.71 bits per heavy atom. The lowest BCUT2D eigenvalue weighted by Gasteiger charge is -1.85. The highest BCUT2D eigenvalue weighted by atomic mass is 14.6. The van der Waals surface area contributed by atoms with Crippen LogP contribution < -0.4 is 5.73 Å². The number of nitrogens with two attached hydrogens (primary N) is 1. The monoisotopic (exact) mass is 226 g/mol. The van der Waals surface area contributed by atoms with Crippen molar-refractivity contribution < 1.29 is 0 Å². The zero-order valence-electron chi connectivity index (χ0n) is 9.97. The van der Waals surface area contributed by atoms with Crippen LogP contribution >= 0.6 is 0 Å². The molecule has 2 N–H and O–H groups in total. The molecule has 0 radical (unpaired) electrons. The number of hydrogen-bond acceptors (Lipinski definition) is 2. The Morgan fingerprint density at radius 2 is 1.53 bits per heavy atom. The first-order valence-electron chi connectivity index (χ1n) is 4.87. The van der Waals surface area contributed by atoms with E-state index in [1.807, 2.05) is 36.4 Å². The van der Waals surface area contributed by atoms with Crippen LogP contribution in [0.1, 0.15) is 5.56 Å². The maximum absolute atomic E-state index is 7.67. The molecule has 0 amide bonds. The quantitative estimate of drug-likeness (QED) is 0.618. The summed E-state index contributed by atoms with van der Waals surface area (Å²) in [5.41, 5.74) is 5.97. The molecule has 0 bridgehead atoms. The van der Waals surface area contributed by atoms with Crippen LogP contribution in [0, 0.1) is 11.3 Å². The van der Waals surface area contributed by atoms with Crippen molar-refractivity contribution in [3.8, 4) is 6.07 Å². The first-order valence-corrected chi connectivity index (χ1v) is 4.87. The summed E-state index contributed by atoms with van der Waals surface area (Å²) < 4.78 is 0. The summed E-state index contributed by atoms with van der Waals surface area (Å²) in [6, 6.07) is 11.6. The molecule has 0 saturated carbocycles. The number of benzene rings is 1. The van der Waals surface area contributed by atoms with E-state index in [1.165, 1.54) is 5.56 Å². The third-order valence-corrected chi connectivity index (χ3v) is 1.35. The van der Waals surface area contributed by atoms with E-state index < -0.39 is 0 Å². The summed E-state index contributed by atoms with van der Waals surface area (Å²) in [5, 5.41) is 7.67. The van der Waals surface area contributed by atoms with Crippen molar-refractivity contribution >= 4 is 6.08 Å². The van der Waals surface area contributed by atoms with E-state index in [9.17, 15) is 0 Å². The van der Waals surface area contributed by atoms with Crippen LogP contribution in [-0.4, -0.2) is 0 Å². The molecule has 2 nitrogen and oxygen atoms in total. The zero-order valence-corrected chi connectivity index (χ0v) is 9.97. The second-order valence-electron chi connectivity index (χ2n) is 2.72. The third kappa shape index (κ3) is 16.2. The van der Waals surface area contributed by atoms with Crippen molar-refractivity contribution in [3.63, 3.8) is 0 Å². The van der Waals surface area contributed by atoms with Crippen LogP contribution in [0.3, 0.4) is 0 Å². The largest absolute Gasteiger partial charge is 0.391 e. The third-order valence-electron chi connectivity index (χ3n) is 1.35. The maximum atomic E-state index is 7.67. The van der Waals surface area contributed by atoms with Crippen molar-refractivity contribution in [2.45, 2.75) is 0 Å². The number of rotatable bonds is 2. The summed E-state index contributed by atoms with van der Waals surface area (Å²) in [7, 11) is 0. The molecular formula is C15H18N2. The maximum Gasteiger partial charge on any atom is 0.116 e. The van der Waals surface area contributed by atoms with Gasteiger partial charge in [0.1, 0.15) is 11.8 Å². The van der Waals surface area contributed by atoms with E-state index in [0.717, 1.165) is 0 Å². The van der Waals surface area contributed by atoms with Gasteiger partial charge in [-0.3, -0.25) is 0 Å². The molecule has 0 spiro atoms. The molecule has 0 aliphatic heterocycles. The van der Waals surface area contributed by atoms with E-state index in [2.05, 4.69) is 26.3 Å². The molecule has 0 aliphatic rings. The Bertz CT molecular complexity index is 377. The second kappa shape index (κ2) is 13.5. The molecule has 2 heteroatoms. The average Bonchev–Trinajstić information content (AvgIpc) is 2.40.